The summed E-state index contributed by atoms with van der Waals surface area (Å²) in [7, 11) is 0. The minimum Gasteiger partial charge on any atom is -0.392 e. The fourth-order valence-electron chi connectivity index (χ4n) is 2.46. The molecule has 0 radical (unpaired) electrons. The van der Waals surface area contributed by atoms with Crippen molar-refractivity contribution in [1.29, 1.82) is 0 Å². The van der Waals surface area contributed by atoms with Crippen molar-refractivity contribution in [3.8, 4) is 0 Å². The van der Waals surface area contributed by atoms with Crippen LogP contribution in [0.5, 0.6) is 0 Å². The summed E-state index contributed by atoms with van der Waals surface area (Å²) < 4.78 is 5.57. The van der Waals surface area contributed by atoms with Crippen LogP contribution >= 0.6 is 0 Å². The van der Waals surface area contributed by atoms with Crippen LogP contribution in [0.1, 0.15) is 30.0 Å². The first-order chi connectivity index (χ1) is 8.34. The number of hydrogen-bond acceptors (Lipinski definition) is 3. The predicted molar refractivity (Wildman–Crippen MR) is 65.6 cm³/mol. The van der Waals surface area contributed by atoms with Crippen molar-refractivity contribution in [2.45, 2.75) is 31.6 Å². The van der Waals surface area contributed by atoms with Crippen LogP contribution in [0.25, 0.3) is 0 Å². The molecule has 1 fully saturated rings. The molecule has 2 unspecified atom stereocenters. The summed E-state index contributed by atoms with van der Waals surface area (Å²) >= 11 is 0. The molecule has 2 atom stereocenters. The lowest BCUT2D eigenvalue weighted by Gasteiger charge is -2.27. The summed E-state index contributed by atoms with van der Waals surface area (Å²) in [6, 6.07) is 8.60. The van der Waals surface area contributed by atoms with Gasteiger partial charge in [0, 0.05) is 6.54 Å². The highest BCUT2D eigenvalue weighted by Crippen LogP contribution is 2.32. The fourth-order valence-corrected chi connectivity index (χ4v) is 2.46. The van der Waals surface area contributed by atoms with Crippen molar-refractivity contribution in [1.82, 2.24) is 5.32 Å². The first-order valence-electron chi connectivity index (χ1n) is 6.41. The molecule has 0 saturated heterocycles. The van der Waals surface area contributed by atoms with E-state index >= 15 is 0 Å². The average Bonchev–Trinajstić information content (AvgIpc) is 3.20. The van der Waals surface area contributed by atoms with Crippen LogP contribution in [0.3, 0.4) is 0 Å². The second-order valence-corrected chi connectivity index (χ2v) is 5.08. The van der Waals surface area contributed by atoms with Gasteiger partial charge in [-0.3, -0.25) is 0 Å². The van der Waals surface area contributed by atoms with Crippen LogP contribution in [0.4, 0.5) is 0 Å². The SMILES string of the molecule is OC(CNC1COCc2ccccc21)C1CC1. The van der Waals surface area contributed by atoms with Gasteiger partial charge in [0.25, 0.3) is 0 Å². The maximum Gasteiger partial charge on any atom is 0.0721 e. The van der Waals surface area contributed by atoms with Gasteiger partial charge in [0.05, 0.1) is 25.4 Å². The largest absolute Gasteiger partial charge is 0.392 e. The van der Waals surface area contributed by atoms with Gasteiger partial charge in [0.2, 0.25) is 0 Å². The van der Waals surface area contributed by atoms with Crippen molar-refractivity contribution in [2.75, 3.05) is 13.2 Å². The van der Waals surface area contributed by atoms with Gasteiger partial charge in [-0.25, -0.2) is 0 Å². The molecule has 1 heterocycles. The van der Waals surface area contributed by atoms with Gasteiger partial charge < -0.3 is 15.2 Å². The molecule has 1 aromatic carbocycles. The lowest BCUT2D eigenvalue weighted by atomic mass is 9.99. The molecule has 3 nitrogen and oxygen atoms in total. The van der Waals surface area contributed by atoms with E-state index in [1.165, 1.54) is 24.0 Å². The molecule has 92 valence electrons. The molecule has 0 amide bonds. The van der Waals surface area contributed by atoms with Crippen molar-refractivity contribution in [3.63, 3.8) is 0 Å². The summed E-state index contributed by atoms with van der Waals surface area (Å²) in [6.07, 6.45) is 2.17. The number of ether oxygens (including phenoxy) is 1. The van der Waals surface area contributed by atoms with Crippen LogP contribution < -0.4 is 5.32 Å². The highest BCUT2D eigenvalue weighted by atomic mass is 16.5. The number of rotatable bonds is 4. The Kier molecular flexibility index (Phi) is 3.14. The van der Waals surface area contributed by atoms with Gasteiger partial charge in [-0.05, 0) is 29.9 Å². The van der Waals surface area contributed by atoms with Gasteiger partial charge in [-0.2, -0.15) is 0 Å². The van der Waals surface area contributed by atoms with Gasteiger partial charge >= 0.3 is 0 Å². The quantitative estimate of drug-likeness (QED) is 0.830. The third-order valence-corrected chi connectivity index (χ3v) is 3.71. The smallest absolute Gasteiger partial charge is 0.0721 e. The number of hydrogen-bond donors (Lipinski definition) is 2. The Labute approximate surface area is 102 Å². The van der Waals surface area contributed by atoms with E-state index in [9.17, 15) is 5.11 Å². The number of nitrogens with one attached hydrogen (secondary N) is 1. The zero-order valence-corrected chi connectivity index (χ0v) is 9.93. The van der Waals surface area contributed by atoms with Crippen LogP contribution in [-0.2, 0) is 11.3 Å². The van der Waals surface area contributed by atoms with E-state index in [1.54, 1.807) is 0 Å². The Morgan fingerprint density at radius 2 is 2.18 bits per heavy atom. The summed E-state index contributed by atoms with van der Waals surface area (Å²) in [5.74, 6) is 0.530. The van der Waals surface area contributed by atoms with Crippen molar-refractivity contribution in [2.24, 2.45) is 5.92 Å². The first kappa shape index (κ1) is 11.2. The second kappa shape index (κ2) is 4.77. The molecule has 2 aliphatic rings. The first-order valence-corrected chi connectivity index (χ1v) is 6.41. The van der Waals surface area contributed by atoms with E-state index in [0.29, 0.717) is 25.7 Å². The van der Waals surface area contributed by atoms with Gasteiger partial charge in [-0.15, -0.1) is 0 Å². The molecule has 1 aromatic rings. The van der Waals surface area contributed by atoms with E-state index in [2.05, 4.69) is 23.5 Å². The molecule has 1 aliphatic heterocycles. The normalized spacial score (nSPS) is 25.4. The van der Waals surface area contributed by atoms with Crippen LogP contribution in [0.15, 0.2) is 24.3 Å². The minimum absolute atomic E-state index is 0.191. The van der Waals surface area contributed by atoms with Gasteiger partial charge in [0.15, 0.2) is 0 Å². The number of fused-ring (bicyclic) bond motifs is 1. The minimum atomic E-state index is -0.191. The highest BCUT2D eigenvalue weighted by molar-refractivity contribution is 5.31. The molecule has 0 aromatic heterocycles. The molecule has 1 saturated carbocycles. The maximum absolute atomic E-state index is 9.86. The van der Waals surface area contributed by atoms with E-state index in [-0.39, 0.29) is 12.1 Å². The van der Waals surface area contributed by atoms with Crippen LogP contribution in [-0.4, -0.2) is 24.4 Å². The number of benzene rings is 1. The fraction of sp³-hybridized carbons (Fsp3) is 0.571. The average molecular weight is 233 g/mol. The zero-order valence-electron chi connectivity index (χ0n) is 9.93. The molecule has 0 spiro atoms. The Bertz CT molecular complexity index is 390. The molecular weight excluding hydrogens is 214 g/mol. The monoisotopic (exact) mass is 233 g/mol. The third-order valence-electron chi connectivity index (χ3n) is 3.71. The molecular formula is C14H19NO2. The lowest BCUT2D eigenvalue weighted by Crippen LogP contribution is -2.35. The molecule has 3 heteroatoms. The van der Waals surface area contributed by atoms with Crippen molar-refractivity contribution < 1.29 is 9.84 Å². The summed E-state index contributed by atoms with van der Waals surface area (Å²) in [6.45, 7) is 2.08. The summed E-state index contributed by atoms with van der Waals surface area (Å²) in [4.78, 5) is 0. The zero-order chi connectivity index (χ0) is 11.7. The molecule has 2 N–H and O–H groups in total. The lowest BCUT2D eigenvalue weighted by molar-refractivity contribution is 0.0732. The van der Waals surface area contributed by atoms with Crippen molar-refractivity contribution in [3.05, 3.63) is 35.4 Å². The molecule has 1 aliphatic carbocycles. The van der Waals surface area contributed by atoms with Gasteiger partial charge in [-0.1, -0.05) is 24.3 Å². The second-order valence-electron chi connectivity index (χ2n) is 5.08. The highest BCUT2D eigenvalue weighted by Gasteiger charge is 2.30. The Morgan fingerprint density at radius 3 is 3.00 bits per heavy atom. The Hall–Kier alpha value is -0.900. The molecule has 3 rings (SSSR count). The van der Waals surface area contributed by atoms with Crippen LogP contribution in [0.2, 0.25) is 0 Å². The topological polar surface area (TPSA) is 41.5 Å². The van der Waals surface area contributed by atoms with E-state index < -0.39 is 0 Å². The van der Waals surface area contributed by atoms with Crippen molar-refractivity contribution >= 4 is 0 Å². The number of aliphatic hydroxyl groups excluding tert-OH is 1. The van der Waals surface area contributed by atoms with E-state index in [0.717, 1.165) is 0 Å². The molecule has 0 bridgehead atoms. The third kappa shape index (κ3) is 2.51. The summed E-state index contributed by atoms with van der Waals surface area (Å²) in [5, 5.41) is 13.3. The Balaban J connectivity index is 1.63. The Morgan fingerprint density at radius 1 is 1.35 bits per heavy atom. The summed E-state index contributed by atoms with van der Waals surface area (Å²) in [5.41, 5.74) is 2.58. The number of aliphatic hydroxyl groups is 1. The maximum atomic E-state index is 9.86. The van der Waals surface area contributed by atoms with E-state index in [1.807, 2.05) is 6.07 Å². The standard InChI is InChI=1S/C14H19NO2/c16-14(10-5-6-10)7-15-13-9-17-8-11-3-1-2-4-12(11)13/h1-4,10,13-16H,5-9H2. The van der Waals surface area contributed by atoms with Crippen LogP contribution in [0, 0.1) is 5.92 Å². The van der Waals surface area contributed by atoms with E-state index in [4.69, 9.17) is 4.74 Å². The molecule has 17 heavy (non-hydrogen) atoms. The van der Waals surface area contributed by atoms with Gasteiger partial charge in [0.1, 0.15) is 0 Å². The predicted octanol–water partition coefficient (Wildman–Crippen LogP) is 1.62.